The fourth-order valence-corrected chi connectivity index (χ4v) is 4.91. The van der Waals surface area contributed by atoms with Crippen molar-refractivity contribution in [3.05, 3.63) is 98.1 Å². The molecule has 0 aromatic heterocycles. The van der Waals surface area contributed by atoms with Gasteiger partial charge in [0.15, 0.2) is 11.6 Å². The molecule has 10 heteroatoms. The molecule has 0 radical (unpaired) electrons. The molecule has 0 spiro atoms. The predicted octanol–water partition coefficient (Wildman–Crippen LogP) is 1.48. The van der Waals surface area contributed by atoms with Gasteiger partial charge in [0.25, 0.3) is 5.54 Å². The van der Waals surface area contributed by atoms with E-state index in [2.05, 4.69) is 0 Å². The molecule has 2 unspecified atom stereocenters. The summed E-state index contributed by atoms with van der Waals surface area (Å²) in [5, 5.41) is 33.9. The van der Waals surface area contributed by atoms with Crippen molar-refractivity contribution in [1.29, 1.82) is 0 Å². The van der Waals surface area contributed by atoms with Crippen molar-refractivity contribution in [2.75, 3.05) is 13.2 Å². The van der Waals surface area contributed by atoms with Gasteiger partial charge in [-0.1, -0.05) is 42.8 Å². The van der Waals surface area contributed by atoms with E-state index in [1.165, 1.54) is 42.5 Å². The van der Waals surface area contributed by atoms with Crippen molar-refractivity contribution in [1.82, 2.24) is 0 Å². The minimum atomic E-state index is -2.56. The van der Waals surface area contributed by atoms with Crippen LogP contribution in [-0.2, 0) is 10.3 Å². The van der Waals surface area contributed by atoms with Gasteiger partial charge in [-0.2, -0.15) is 0 Å². The number of Topliss-reactive ketones (excluding diaryl/α,β-unsaturated/α-hetero) is 2. The Bertz CT molecular complexity index is 1350. The Labute approximate surface area is 212 Å². The summed E-state index contributed by atoms with van der Waals surface area (Å²) in [6, 6.07) is 10.2. The first-order chi connectivity index (χ1) is 17.8. The van der Waals surface area contributed by atoms with Gasteiger partial charge in [0.2, 0.25) is 0 Å². The Kier molecular flexibility index (Phi) is 7.33. The molecule has 0 heterocycles. The van der Waals surface area contributed by atoms with Crippen LogP contribution in [0, 0.1) is 10.1 Å². The van der Waals surface area contributed by atoms with Crippen LogP contribution < -0.4 is 15.6 Å². The van der Waals surface area contributed by atoms with Gasteiger partial charge in [-0.3, -0.25) is 19.7 Å². The first-order valence-corrected chi connectivity index (χ1v) is 11.9. The number of ketones is 2. The van der Waals surface area contributed by atoms with E-state index in [0.717, 1.165) is 18.9 Å². The van der Waals surface area contributed by atoms with Crippen LogP contribution in [0.3, 0.4) is 0 Å². The van der Waals surface area contributed by atoms with Gasteiger partial charge in [-0.25, -0.2) is 0 Å². The maximum Gasteiger partial charge on any atom is 0.298 e. The van der Waals surface area contributed by atoms with Gasteiger partial charge < -0.3 is 25.5 Å². The van der Waals surface area contributed by atoms with E-state index in [0.29, 0.717) is 12.8 Å². The number of fused-ring (bicyclic) bond motifs is 1. The summed E-state index contributed by atoms with van der Waals surface area (Å²) in [5.74, 6) is -3.26. The lowest BCUT2D eigenvalue weighted by Crippen LogP contribution is -2.52. The normalized spacial score (nSPS) is 20.7. The lowest BCUT2D eigenvalue weighted by molar-refractivity contribution is -0.551. The largest absolute Gasteiger partial charge is 0.545 e. The van der Waals surface area contributed by atoms with Crippen LogP contribution in [-0.4, -0.2) is 46.8 Å². The molecule has 2 atom stereocenters. The summed E-state index contributed by atoms with van der Waals surface area (Å²) in [6.07, 6.45) is 3.58. The lowest BCUT2D eigenvalue weighted by Gasteiger charge is -2.37. The highest BCUT2D eigenvalue weighted by Crippen LogP contribution is 2.49. The summed E-state index contributed by atoms with van der Waals surface area (Å²) in [7, 11) is 0. The third kappa shape index (κ3) is 4.34. The number of ether oxygens (including phenoxy) is 1. The Hall–Kier alpha value is -4.15. The summed E-state index contributed by atoms with van der Waals surface area (Å²) < 4.78 is 5.87. The van der Waals surface area contributed by atoms with E-state index in [4.69, 9.17) is 15.6 Å². The average molecular weight is 506 g/mol. The van der Waals surface area contributed by atoms with Gasteiger partial charge in [0.1, 0.15) is 5.75 Å². The highest BCUT2D eigenvalue weighted by Gasteiger charge is 2.59. The van der Waals surface area contributed by atoms with E-state index >= 15 is 0 Å². The zero-order valence-electron chi connectivity index (χ0n) is 19.8. The SMILES string of the molecule is NC1C(C(=O)[O-])=CC(c2ccccc2OCCCCCCO)([N+](=O)[O-])C2=C1C(=O)c1ccccc1C2=O. The molecule has 0 amide bonds. The highest BCUT2D eigenvalue weighted by molar-refractivity contribution is 6.29. The minimum absolute atomic E-state index is 0.00837. The topological polar surface area (TPSA) is 173 Å². The van der Waals surface area contributed by atoms with Crippen LogP contribution in [0.5, 0.6) is 5.75 Å². The summed E-state index contributed by atoms with van der Waals surface area (Å²) in [5.41, 5.74) is 1.81. The van der Waals surface area contributed by atoms with E-state index in [-0.39, 0.29) is 35.7 Å². The van der Waals surface area contributed by atoms with Crippen LogP contribution in [0.2, 0.25) is 0 Å². The molecule has 0 fully saturated rings. The maximum absolute atomic E-state index is 13.8. The summed E-state index contributed by atoms with van der Waals surface area (Å²) in [4.78, 5) is 51.4. The van der Waals surface area contributed by atoms with Gasteiger partial charge in [-0.05, 0) is 31.4 Å². The highest BCUT2D eigenvalue weighted by atomic mass is 16.6. The maximum atomic E-state index is 13.8. The lowest BCUT2D eigenvalue weighted by atomic mass is 9.65. The van der Waals surface area contributed by atoms with E-state index < -0.39 is 50.8 Å². The van der Waals surface area contributed by atoms with Crippen LogP contribution in [0.25, 0.3) is 0 Å². The number of carboxylic acid groups (broad SMARTS) is 1. The monoisotopic (exact) mass is 505 g/mol. The molecule has 37 heavy (non-hydrogen) atoms. The van der Waals surface area contributed by atoms with Crippen molar-refractivity contribution >= 4 is 17.5 Å². The van der Waals surface area contributed by atoms with Crippen LogP contribution >= 0.6 is 0 Å². The molecular formula is C27H25N2O8-. The number of aliphatic hydroxyl groups excluding tert-OH is 1. The number of benzene rings is 2. The molecule has 4 rings (SSSR count). The molecule has 3 N–H and O–H groups in total. The molecule has 192 valence electrons. The Balaban J connectivity index is 1.91. The number of aliphatic hydroxyl groups is 1. The number of unbranched alkanes of at least 4 members (excludes halogenated alkanes) is 3. The number of nitrogens with zero attached hydrogens (tertiary/aromatic N) is 1. The number of nitro groups is 1. The second kappa shape index (κ2) is 10.5. The third-order valence-corrected chi connectivity index (χ3v) is 6.68. The molecule has 10 nitrogen and oxygen atoms in total. The molecule has 0 saturated carbocycles. The number of para-hydroxylation sites is 1. The van der Waals surface area contributed by atoms with Crippen LogP contribution in [0.15, 0.2) is 71.3 Å². The standard InChI is InChI=1S/C27H26N2O8/c28-23-18(26(33)34)15-27(29(35)36,19-11-5-6-12-20(19)37-14-8-2-1-7-13-30)22-21(23)24(31)16-9-3-4-10-17(16)25(22)32/h3-6,9-12,15,23,30H,1-2,7-8,13-14,28H2,(H,33,34)/p-1. The van der Waals surface area contributed by atoms with Crippen molar-refractivity contribution < 1.29 is 34.3 Å². The number of aliphatic carboxylic acids is 1. The summed E-state index contributed by atoms with van der Waals surface area (Å²) in [6.45, 7) is 0.270. The number of carbonyl (C=O) groups is 3. The zero-order valence-corrected chi connectivity index (χ0v) is 19.8. The Morgan fingerprint density at radius 1 is 1.00 bits per heavy atom. The second-order valence-corrected chi connectivity index (χ2v) is 8.86. The van der Waals surface area contributed by atoms with Crippen molar-refractivity contribution in [3.63, 3.8) is 0 Å². The first-order valence-electron chi connectivity index (χ1n) is 11.9. The van der Waals surface area contributed by atoms with E-state index in [1.54, 1.807) is 6.07 Å². The Morgan fingerprint density at radius 2 is 1.62 bits per heavy atom. The van der Waals surface area contributed by atoms with Gasteiger partial charge >= 0.3 is 0 Å². The molecule has 2 aromatic carbocycles. The molecule has 2 aromatic rings. The van der Waals surface area contributed by atoms with Crippen LogP contribution in [0.1, 0.15) is 52.0 Å². The smallest absolute Gasteiger partial charge is 0.298 e. The molecule has 2 aliphatic rings. The number of hydrogen-bond acceptors (Lipinski definition) is 9. The molecule has 0 bridgehead atoms. The van der Waals surface area contributed by atoms with Crippen molar-refractivity contribution in [2.45, 2.75) is 37.3 Å². The number of carbonyl (C=O) groups excluding carboxylic acids is 3. The quantitative estimate of drug-likeness (QED) is 0.275. The summed E-state index contributed by atoms with van der Waals surface area (Å²) >= 11 is 0. The molecule has 2 aliphatic carbocycles. The van der Waals surface area contributed by atoms with Gasteiger partial charge in [-0.15, -0.1) is 0 Å². The van der Waals surface area contributed by atoms with E-state index in [1.807, 2.05) is 0 Å². The third-order valence-electron chi connectivity index (χ3n) is 6.68. The number of carboxylic acids is 1. The van der Waals surface area contributed by atoms with Gasteiger partial charge in [0.05, 0.1) is 29.8 Å². The van der Waals surface area contributed by atoms with E-state index in [9.17, 15) is 29.6 Å². The fraction of sp³-hybridized carbons (Fsp3) is 0.296. The minimum Gasteiger partial charge on any atom is -0.545 e. The Morgan fingerprint density at radius 3 is 2.27 bits per heavy atom. The average Bonchev–Trinajstić information content (AvgIpc) is 2.89. The fourth-order valence-electron chi connectivity index (χ4n) is 4.91. The molecule has 0 aliphatic heterocycles. The van der Waals surface area contributed by atoms with Gasteiger partial charge in [0, 0.05) is 39.9 Å². The van der Waals surface area contributed by atoms with Crippen LogP contribution in [0.4, 0.5) is 0 Å². The number of rotatable bonds is 10. The van der Waals surface area contributed by atoms with Crippen molar-refractivity contribution in [2.24, 2.45) is 5.73 Å². The second-order valence-electron chi connectivity index (χ2n) is 8.86. The number of hydrogen-bond donors (Lipinski definition) is 2. The molecule has 0 saturated heterocycles. The number of nitrogens with two attached hydrogens (primary N) is 1. The van der Waals surface area contributed by atoms with Crippen molar-refractivity contribution in [3.8, 4) is 5.75 Å². The first kappa shape index (κ1) is 25.9. The zero-order chi connectivity index (χ0) is 26.7. The molecular weight excluding hydrogens is 480 g/mol. The predicted molar refractivity (Wildman–Crippen MR) is 129 cm³/mol.